The molecule has 2 aromatic rings. The smallest absolute Gasteiger partial charge is 0.265 e. The van der Waals surface area contributed by atoms with E-state index < -0.39 is 15.8 Å². The molecular formula is C14H17FN2O2S2. The van der Waals surface area contributed by atoms with E-state index in [-0.39, 0.29) is 0 Å². The van der Waals surface area contributed by atoms with Crippen molar-refractivity contribution in [1.29, 1.82) is 0 Å². The van der Waals surface area contributed by atoms with Gasteiger partial charge >= 0.3 is 0 Å². The van der Waals surface area contributed by atoms with Crippen LogP contribution in [0.15, 0.2) is 35.2 Å². The molecule has 2 rings (SSSR count). The quantitative estimate of drug-likeness (QED) is 0.918. The van der Waals surface area contributed by atoms with Crippen molar-refractivity contribution in [3.63, 3.8) is 0 Å². The van der Waals surface area contributed by atoms with Gasteiger partial charge in [0.1, 0.15) is 10.7 Å². The lowest BCUT2D eigenvalue weighted by Crippen LogP contribution is -2.26. The van der Waals surface area contributed by atoms with Crippen LogP contribution >= 0.6 is 11.3 Å². The van der Waals surface area contributed by atoms with Crippen LogP contribution < -0.4 is 9.62 Å². The standard InChI is InChI=1S/C14H17FN2O2S2/c1-10-14(8-13(20-10)9-16-2)21(18,19)17(3)12-6-4-11(15)5-7-12/h4-8,16H,9H2,1-3H3. The molecule has 4 nitrogen and oxygen atoms in total. The summed E-state index contributed by atoms with van der Waals surface area (Å²) < 4.78 is 39.5. The van der Waals surface area contributed by atoms with Gasteiger partial charge in [0.15, 0.2) is 0 Å². The Hall–Kier alpha value is -1.44. The van der Waals surface area contributed by atoms with Crippen LogP contribution in [0.2, 0.25) is 0 Å². The molecule has 0 fully saturated rings. The van der Waals surface area contributed by atoms with Gasteiger partial charge in [-0.05, 0) is 44.3 Å². The van der Waals surface area contributed by atoms with Gasteiger partial charge in [-0.2, -0.15) is 0 Å². The normalized spacial score (nSPS) is 11.6. The monoisotopic (exact) mass is 328 g/mol. The number of thiophene rings is 1. The fourth-order valence-corrected chi connectivity index (χ4v) is 4.79. The third-order valence-electron chi connectivity index (χ3n) is 3.10. The van der Waals surface area contributed by atoms with Crippen LogP contribution in [0.3, 0.4) is 0 Å². The Bertz CT molecular complexity index is 724. The van der Waals surface area contributed by atoms with E-state index >= 15 is 0 Å². The van der Waals surface area contributed by atoms with Crippen LogP contribution in [-0.2, 0) is 16.6 Å². The lowest BCUT2D eigenvalue weighted by molar-refractivity contribution is 0.594. The topological polar surface area (TPSA) is 49.4 Å². The molecule has 0 amide bonds. The summed E-state index contributed by atoms with van der Waals surface area (Å²) in [4.78, 5) is 2.00. The maximum Gasteiger partial charge on any atom is 0.265 e. The van der Waals surface area contributed by atoms with Crippen LogP contribution in [0.1, 0.15) is 9.75 Å². The molecule has 1 heterocycles. The first-order valence-corrected chi connectivity index (χ1v) is 8.60. The lowest BCUT2D eigenvalue weighted by Gasteiger charge is -2.19. The molecule has 1 aromatic carbocycles. The minimum absolute atomic E-state index is 0.296. The van der Waals surface area contributed by atoms with Crippen molar-refractivity contribution >= 4 is 27.0 Å². The van der Waals surface area contributed by atoms with Crippen LogP contribution in [0.25, 0.3) is 0 Å². The van der Waals surface area contributed by atoms with E-state index in [0.29, 0.717) is 17.1 Å². The zero-order valence-electron chi connectivity index (χ0n) is 12.1. The second kappa shape index (κ2) is 6.13. The molecule has 0 bridgehead atoms. The molecule has 1 aromatic heterocycles. The number of benzene rings is 1. The molecule has 0 spiro atoms. The van der Waals surface area contributed by atoms with Crippen molar-refractivity contribution in [2.24, 2.45) is 0 Å². The first kappa shape index (κ1) is 15.9. The number of halogens is 1. The van der Waals surface area contributed by atoms with Gasteiger partial charge in [-0.3, -0.25) is 4.31 Å². The number of aryl methyl sites for hydroxylation is 1. The Labute approximate surface area is 128 Å². The third-order valence-corrected chi connectivity index (χ3v) is 6.19. The van der Waals surface area contributed by atoms with Crippen LogP contribution in [0, 0.1) is 12.7 Å². The average Bonchev–Trinajstić information content (AvgIpc) is 2.81. The van der Waals surface area contributed by atoms with Crippen molar-refractivity contribution in [2.75, 3.05) is 18.4 Å². The van der Waals surface area contributed by atoms with Crippen molar-refractivity contribution in [3.8, 4) is 0 Å². The van der Waals surface area contributed by atoms with E-state index in [9.17, 15) is 12.8 Å². The second-order valence-corrected chi connectivity index (χ2v) is 7.89. The highest BCUT2D eigenvalue weighted by molar-refractivity contribution is 7.93. The summed E-state index contributed by atoms with van der Waals surface area (Å²) in [7, 11) is -0.356. The SMILES string of the molecule is CNCc1cc(S(=O)(=O)N(C)c2ccc(F)cc2)c(C)s1. The van der Waals surface area contributed by atoms with Gasteiger partial charge in [-0.25, -0.2) is 12.8 Å². The van der Waals surface area contributed by atoms with E-state index in [2.05, 4.69) is 5.32 Å². The van der Waals surface area contributed by atoms with Crippen molar-refractivity contribution in [2.45, 2.75) is 18.4 Å². The van der Waals surface area contributed by atoms with Gasteiger partial charge in [0.25, 0.3) is 10.0 Å². The van der Waals surface area contributed by atoms with Gasteiger partial charge in [-0.15, -0.1) is 11.3 Å². The van der Waals surface area contributed by atoms with E-state index in [1.54, 1.807) is 13.0 Å². The fraction of sp³-hybridized carbons (Fsp3) is 0.286. The van der Waals surface area contributed by atoms with Gasteiger partial charge in [0, 0.05) is 23.3 Å². The van der Waals surface area contributed by atoms with Crippen molar-refractivity contribution in [3.05, 3.63) is 45.9 Å². The number of nitrogens with zero attached hydrogens (tertiary/aromatic N) is 1. The number of rotatable bonds is 5. The summed E-state index contributed by atoms with van der Waals surface area (Å²) >= 11 is 1.45. The number of sulfonamides is 1. The Kier molecular flexibility index (Phi) is 4.65. The van der Waals surface area contributed by atoms with E-state index in [0.717, 1.165) is 9.75 Å². The first-order valence-electron chi connectivity index (χ1n) is 6.34. The molecule has 0 saturated carbocycles. The zero-order chi connectivity index (χ0) is 15.6. The lowest BCUT2D eigenvalue weighted by atomic mass is 10.3. The summed E-state index contributed by atoms with van der Waals surface area (Å²) in [5.74, 6) is -0.396. The largest absolute Gasteiger partial charge is 0.315 e. The Morgan fingerprint density at radius 3 is 2.48 bits per heavy atom. The average molecular weight is 328 g/mol. The van der Waals surface area contributed by atoms with E-state index in [4.69, 9.17) is 0 Å². The van der Waals surface area contributed by atoms with E-state index in [1.807, 2.05) is 7.05 Å². The highest BCUT2D eigenvalue weighted by atomic mass is 32.2. The van der Waals surface area contributed by atoms with E-state index in [1.165, 1.54) is 47.0 Å². The highest BCUT2D eigenvalue weighted by Gasteiger charge is 2.25. The molecule has 0 radical (unpaired) electrons. The molecule has 0 aliphatic rings. The van der Waals surface area contributed by atoms with Gasteiger partial charge in [-0.1, -0.05) is 0 Å². The summed E-state index contributed by atoms with van der Waals surface area (Å²) in [6.07, 6.45) is 0. The van der Waals surface area contributed by atoms with Crippen molar-refractivity contribution < 1.29 is 12.8 Å². The molecular weight excluding hydrogens is 311 g/mol. The molecule has 0 aliphatic heterocycles. The molecule has 0 atom stereocenters. The summed E-state index contributed by atoms with van der Waals surface area (Å²) in [6.45, 7) is 2.41. The number of nitrogens with one attached hydrogen (secondary N) is 1. The minimum atomic E-state index is -3.64. The molecule has 0 aliphatic carbocycles. The molecule has 1 N–H and O–H groups in total. The Balaban J connectivity index is 2.39. The molecule has 21 heavy (non-hydrogen) atoms. The predicted octanol–water partition coefficient (Wildman–Crippen LogP) is 2.74. The molecule has 7 heteroatoms. The number of anilines is 1. The summed E-state index contributed by atoms with van der Waals surface area (Å²) in [5.41, 5.74) is 0.428. The zero-order valence-corrected chi connectivity index (χ0v) is 13.7. The Morgan fingerprint density at radius 2 is 1.90 bits per heavy atom. The highest BCUT2D eigenvalue weighted by Crippen LogP contribution is 2.30. The van der Waals surface area contributed by atoms with Crippen molar-refractivity contribution in [1.82, 2.24) is 5.32 Å². The predicted molar refractivity (Wildman–Crippen MR) is 83.8 cm³/mol. The van der Waals surface area contributed by atoms with Gasteiger partial charge < -0.3 is 5.32 Å². The summed E-state index contributed by atoms with van der Waals surface area (Å²) in [5, 5.41) is 3.00. The van der Waals surface area contributed by atoms with Crippen LogP contribution in [-0.4, -0.2) is 22.5 Å². The summed E-state index contributed by atoms with van der Waals surface area (Å²) in [6, 6.07) is 7.07. The third kappa shape index (κ3) is 3.25. The first-order chi connectivity index (χ1) is 9.86. The van der Waals surface area contributed by atoms with Gasteiger partial charge in [0.2, 0.25) is 0 Å². The second-order valence-electron chi connectivity index (χ2n) is 4.61. The fourth-order valence-electron chi connectivity index (χ4n) is 1.98. The molecule has 0 saturated heterocycles. The maximum atomic E-state index is 12.9. The Morgan fingerprint density at radius 1 is 1.29 bits per heavy atom. The minimum Gasteiger partial charge on any atom is -0.315 e. The molecule has 114 valence electrons. The number of hydrogen-bond donors (Lipinski definition) is 1. The van der Waals surface area contributed by atoms with Gasteiger partial charge in [0.05, 0.1) is 5.69 Å². The van der Waals surface area contributed by atoms with Crippen LogP contribution in [0.5, 0.6) is 0 Å². The van der Waals surface area contributed by atoms with Crippen LogP contribution in [0.4, 0.5) is 10.1 Å². The number of hydrogen-bond acceptors (Lipinski definition) is 4. The maximum absolute atomic E-state index is 12.9. The molecule has 0 unspecified atom stereocenters.